The van der Waals surface area contributed by atoms with Crippen LogP contribution in [0, 0.1) is 17.7 Å². The Morgan fingerprint density at radius 1 is 1.50 bits per heavy atom. The van der Waals surface area contributed by atoms with Gasteiger partial charge in [0.05, 0.1) is 11.6 Å². The van der Waals surface area contributed by atoms with Crippen molar-refractivity contribution >= 4 is 11.6 Å². The van der Waals surface area contributed by atoms with Gasteiger partial charge in [-0.05, 0) is 19.1 Å². The molecule has 74 valence electrons. The summed E-state index contributed by atoms with van der Waals surface area (Å²) in [6, 6.07) is 4.03. The van der Waals surface area contributed by atoms with Gasteiger partial charge in [0.15, 0.2) is 0 Å². The van der Waals surface area contributed by atoms with Crippen molar-refractivity contribution in [2.24, 2.45) is 0 Å². The first-order chi connectivity index (χ1) is 6.74. The van der Waals surface area contributed by atoms with E-state index >= 15 is 0 Å². The van der Waals surface area contributed by atoms with Gasteiger partial charge in [0.25, 0.3) is 0 Å². The first-order valence-electron chi connectivity index (χ1n) is 4.21. The topological polar surface area (TPSA) is 9.23 Å². The zero-order valence-corrected chi connectivity index (χ0v) is 8.57. The molecule has 0 N–H and O–H groups in total. The highest BCUT2D eigenvalue weighted by Crippen LogP contribution is 2.24. The largest absolute Gasteiger partial charge is 0.491 e. The minimum absolute atomic E-state index is 0.356. The fourth-order valence-corrected chi connectivity index (χ4v) is 1.10. The standard InChI is InChI=1S/C11H10ClFO/c1-2-3-4-7-14-11-8-9(13)5-6-10(11)12/h5-6,8H,4,7H2,1H3. The van der Waals surface area contributed by atoms with E-state index in [2.05, 4.69) is 11.8 Å². The van der Waals surface area contributed by atoms with E-state index in [9.17, 15) is 4.39 Å². The van der Waals surface area contributed by atoms with Gasteiger partial charge in [-0.3, -0.25) is 0 Å². The van der Waals surface area contributed by atoms with Crippen molar-refractivity contribution < 1.29 is 9.13 Å². The molecule has 0 unspecified atom stereocenters. The number of benzene rings is 1. The predicted molar refractivity (Wildman–Crippen MR) is 55.0 cm³/mol. The predicted octanol–water partition coefficient (Wildman–Crippen LogP) is 3.27. The van der Waals surface area contributed by atoms with Crippen molar-refractivity contribution in [3.05, 3.63) is 29.0 Å². The maximum atomic E-state index is 12.8. The summed E-state index contributed by atoms with van der Waals surface area (Å²) < 4.78 is 18.0. The number of halogens is 2. The van der Waals surface area contributed by atoms with Crippen LogP contribution in [0.3, 0.4) is 0 Å². The molecule has 1 rings (SSSR count). The van der Waals surface area contributed by atoms with Gasteiger partial charge in [-0.1, -0.05) is 11.6 Å². The third kappa shape index (κ3) is 3.27. The molecule has 0 spiro atoms. The molecule has 0 heterocycles. The molecule has 0 atom stereocenters. The third-order valence-electron chi connectivity index (χ3n) is 1.55. The molecule has 0 radical (unpaired) electrons. The van der Waals surface area contributed by atoms with Crippen LogP contribution < -0.4 is 4.74 Å². The SMILES string of the molecule is CC#CCCOc1cc(F)ccc1Cl. The fraction of sp³-hybridized carbons (Fsp3) is 0.273. The lowest BCUT2D eigenvalue weighted by Crippen LogP contribution is -1.96. The number of ether oxygens (including phenoxy) is 1. The van der Waals surface area contributed by atoms with Crippen LogP contribution in [0.1, 0.15) is 13.3 Å². The number of rotatable bonds is 3. The van der Waals surface area contributed by atoms with Crippen LogP contribution in [0.4, 0.5) is 4.39 Å². The number of hydrogen-bond acceptors (Lipinski definition) is 1. The van der Waals surface area contributed by atoms with Gasteiger partial charge in [0.2, 0.25) is 0 Å². The molecule has 0 amide bonds. The highest BCUT2D eigenvalue weighted by atomic mass is 35.5. The van der Waals surface area contributed by atoms with Crippen LogP contribution in [-0.4, -0.2) is 6.61 Å². The Bertz CT molecular complexity index is 365. The van der Waals surface area contributed by atoms with E-state index < -0.39 is 0 Å². The van der Waals surface area contributed by atoms with E-state index in [1.54, 1.807) is 6.92 Å². The average Bonchev–Trinajstić information content (AvgIpc) is 2.18. The highest BCUT2D eigenvalue weighted by Gasteiger charge is 2.02. The Morgan fingerprint density at radius 3 is 3.00 bits per heavy atom. The van der Waals surface area contributed by atoms with Gasteiger partial charge in [0.1, 0.15) is 11.6 Å². The van der Waals surface area contributed by atoms with Gasteiger partial charge < -0.3 is 4.74 Å². The molecule has 0 aromatic heterocycles. The summed E-state index contributed by atoms with van der Waals surface area (Å²) in [5.74, 6) is 5.59. The van der Waals surface area contributed by atoms with Crippen molar-refractivity contribution in [2.75, 3.05) is 6.61 Å². The lowest BCUT2D eigenvalue weighted by atomic mass is 10.3. The number of hydrogen-bond donors (Lipinski definition) is 0. The molecule has 0 aliphatic heterocycles. The summed E-state index contributed by atoms with van der Waals surface area (Å²) >= 11 is 5.78. The maximum absolute atomic E-state index is 12.8. The van der Waals surface area contributed by atoms with Gasteiger partial charge in [-0.25, -0.2) is 4.39 Å². The zero-order valence-electron chi connectivity index (χ0n) is 7.81. The van der Waals surface area contributed by atoms with Crippen molar-refractivity contribution in [1.82, 2.24) is 0 Å². The van der Waals surface area contributed by atoms with Crippen molar-refractivity contribution in [3.8, 4) is 17.6 Å². The average molecular weight is 213 g/mol. The quantitative estimate of drug-likeness (QED) is 0.552. The Kier molecular flexibility index (Phi) is 4.28. The molecule has 1 aromatic rings. The van der Waals surface area contributed by atoms with E-state index in [1.165, 1.54) is 18.2 Å². The van der Waals surface area contributed by atoms with E-state index in [0.29, 0.717) is 23.8 Å². The van der Waals surface area contributed by atoms with Crippen molar-refractivity contribution in [2.45, 2.75) is 13.3 Å². The van der Waals surface area contributed by atoms with Gasteiger partial charge in [-0.2, -0.15) is 0 Å². The normalized spacial score (nSPS) is 9.07. The second-order valence-electron chi connectivity index (χ2n) is 2.60. The van der Waals surface area contributed by atoms with E-state index in [1.807, 2.05) is 0 Å². The maximum Gasteiger partial charge on any atom is 0.140 e. The lowest BCUT2D eigenvalue weighted by Gasteiger charge is -2.05. The Labute approximate surface area is 87.8 Å². The molecular weight excluding hydrogens is 203 g/mol. The zero-order chi connectivity index (χ0) is 10.4. The molecule has 14 heavy (non-hydrogen) atoms. The molecule has 0 fully saturated rings. The second-order valence-corrected chi connectivity index (χ2v) is 3.01. The van der Waals surface area contributed by atoms with Crippen molar-refractivity contribution in [3.63, 3.8) is 0 Å². The summed E-state index contributed by atoms with van der Waals surface area (Å²) in [6.07, 6.45) is 0.614. The van der Waals surface area contributed by atoms with Gasteiger partial charge in [0, 0.05) is 12.5 Å². The first-order valence-corrected chi connectivity index (χ1v) is 4.59. The first kappa shape index (κ1) is 10.9. The monoisotopic (exact) mass is 212 g/mol. The Balaban J connectivity index is 2.56. The fourth-order valence-electron chi connectivity index (χ4n) is 0.925. The molecule has 3 heteroatoms. The summed E-state index contributed by atoms with van der Waals surface area (Å²) in [5.41, 5.74) is 0. The van der Waals surface area contributed by atoms with Crippen LogP contribution in [-0.2, 0) is 0 Å². The van der Waals surface area contributed by atoms with Gasteiger partial charge >= 0.3 is 0 Å². The molecular formula is C11H10ClFO. The summed E-state index contributed by atoms with van der Waals surface area (Å²) in [4.78, 5) is 0. The molecule has 1 nitrogen and oxygen atoms in total. The molecule has 1 aromatic carbocycles. The molecule has 0 aliphatic rings. The highest BCUT2D eigenvalue weighted by molar-refractivity contribution is 6.32. The molecule has 0 saturated heterocycles. The molecule has 0 bridgehead atoms. The van der Waals surface area contributed by atoms with Crippen LogP contribution in [0.15, 0.2) is 18.2 Å². The summed E-state index contributed by atoms with van der Waals surface area (Å²) in [6.45, 7) is 2.18. The lowest BCUT2D eigenvalue weighted by molar-refractivity contribution is 0.325. The van der Waals surface area contributed by atoms with Crippen molar-refractivity contribution in [1.29, 1.82) is 0 Å². The van der Waals surface area contributed by atoms with Crippen LogP contribution in [0.2, 0.25) is 5.02 Å². The van der Waals surface area contributed by atoms with Crippen LogP contribution in [0.25, 0.3) is 0 Å². The summed E-state index contributed by atoms with van der Waals surface area (Å²) in [7, 11) is 0. The second kappa shape index (κ2) is 5.51. The Morgan fingerprint density at radius 2 is 2.29 bits per heavy atom. The minimum Gasteiger partial charge on any atom is -0.491 e. The minimum atomic E-state index is -0.356. The van der Waals surface area contributed by atoms with Crippen LogP contribution in [0.5, 0.6) is 5.75 Å². The third-order valence-corrected chi connectivity index (χ3v) is 1.87. The molecule has 0 aliphatic carbocycles. The van der Waals surface area contributed by atoms with Gasteiger partial charge in [-0.15, -0.1) is 11.8 Å². The molecule has 0 saturated carbocycles. The smallest absolute Gasteiger partial charge is 0.140 e. The van der Waals surface area contributed by atoms with Crippen LogP contribution >= 0.6 is 11.6 Å². The van der Waals surface area contributed by atoms with E-state index in [4.69, 9.17) is 16.3 Å². The Hall–Kier alpha value is -1.20. The summed E-state index contributed by atoms with van der Waals surface area (Å²) in [5, 5.41) is 0.413. The van der Waals surface area contributed by atoms with E-state index in [-0.39, 0.29) is 5.82 Å². The van der Waals surface area contributed by atoms with E-state index in [0.717, 1.165) is 0 Å².